The molecule has 2 N–H and O–H groups in total. The molecule has 0 saturated heterocycles. The van der Waals surface area contributed by atoms with Gasteiger partial charge in [0.2, 0.25) is 10.0 Å². The third-order valence-corrected chi connectivity index (χ3v) is 4.41. The average molecular weight is 309 g/mol. The summed E-state index contributed by atoms with van der Waals surface area (Å²) in [5.74, 6) is -0.107. The van der Waals surface area contributed by atoms with Crippen LogP contribution in [0.5, 0.6) is 0 Å². The Labute approximate surface area is 124 Å². The van der Waals surface area contributed by atoms with Gasteiger partial charge < -0.3 is 5.11 Å². The third kappa shape index (κ3) is 4.96. The summed E-state index contributed by atoms with van der Waals surface area (Å²) in [6.45, 7) is 2.17. The minimum Gasteiger partial charge on any atom is -0.392 e. The predicted molar refractivity (Wildman–Crippen MR) is 79.8 cm³/mol. The van der Waals surface area contributed by atoms with Crippen LogP contribution in [0.15, 0.2) is 42.7 Å². The van der Waals surface area contributed by atoms with Crippen molar-refractivity contribution in [2.75, 3.05) is 0 Å². The van der Waals surface area contributed by atoms with Crippen LogP contribution in [0.1, 0.15) is 18.1 Å². The van der Waals surface area contributed by atoms with E-state index < -0.39 is 10.0 Å². The average Bonchev–Trinajstić information content (AvgIpc) is 2.90. The Morgan fingerprint density at radius 2 is 2.10 bits per heavy atom. The van der Waals surface area contributed by atoms with E-state index >= 15 is 0 Å². The van der Waals surface area contributed by atoms with E-state index in [9.17, 15) is 8.42 Å². The molecule has 0 aliphatic rings. The quantitative estimate of drug-likeness (QED) is 0.795. The van der Waals surface area contributed by atoms with Crippen LogP contribution in [-0.2, 0) is 28.9 Å². The monoisotopic (exact) mass is 309 g/mol. The molecule has 21 heavy (non-hydrogen) atoms. The number of nitrogens with one attached hydrogen (secondary N) is 1. The molecule has 0 spiro atoms. The van der Waals surface area contributed by atoms with Crippen LogP contribution < -0.4 is 4.72 Å². The lowest BCUT2D eigenvalue weighted by Crippen LogP contribution is -2.36. The molecule has 7 heteroatoms. The van der Waals surface area contributed by atoms with Gasteiger partial charge in [-0.25, -0.2) is 13.1 Å². The fourth-order valence-corrected chi connectivity index (χ4v) is 3.50. The number of aliphatic hydroxyl groups is 1. The highest BCUT2D eigenvalue weighted by molar-refractivity contribution is 7.88. The fraction of sp³-hybridized carbons (Fsp3) is 0.357. The molecule has 2 aromatic rings. The summed E-state index contributed by atoms with van der Waals surface area (Å²) in [7, 11) is -3.43. The number of aromatic nitrogens is 2. The molecule has 0 aliphatic heterocycles. The van der Waals surface area contributed by atoms with E-state index in [0.717, 1.165) is 0 Å². The van der Waals surface area contributed by atoms with Gasteiger partial charge in [-0.1, -0.05) is 24.3 Å². The van der Waals surface area contributed by atoms with Crippen LogP contribution in [-0.4, -0.2) is 29.3 Å². The van der Waals surface area contributed by atoms with E-state index in [2.05, 4.69) is 9.82 Å². The van der Waals surface area contributed by atoms with E-state index in [1.54, 1.807) is 54.3 Å². The molecule has 0 radical (unpaired) electrons. The van der Waals surface area contributed by atoms with Crippen LogP contribution in [0, 0.1) is 0 Å². The molecule has 1 aromatic carbocycles. The van der Waals surface area contributed by atoms with Crippen LogP contribution in [0.3, 0.4) is 0 Å². The van der Waals surface area contributed by atoms with Crippen molar-refractivity contribution in [2.45, 2.75) is 31.9 Å². The van der Waals surface area contributed by atoms with Crippen molar-refractivity contribution in [1.82, 2.24) is 14.5 Å². The highest BCUT2D eigenvalue weighted by Crippen LogP contribution is 2.09. The van der Waals surface area contributed by atoms with E-state index in [1.165, 1.54) is 0 Å². The summed E-state index contributed by atoms with van der Waals surface area (Å²) >= 11 is 0. The second-order valence-corrected chi connectivity index (χ2v) is 6.74. The molecule has 114 valence electrons. The summed E-state index contributed by atoms with van der Waals surface area (Å²) in [5.41, 5.74) is 1.35. The number of benzene rings is 1. The number of sulfonamides is 1. The smallest absolute Gasteiger partial charge is 0.216 e. The molecule has 0 amide bonds. The molecule has 1 unspecified atom stereocenters. The van der Waals surface area contributed by atoms with E-state index in [1.807, 2.05) is 0 Å². The predicted octanol–water partition coefficient (Wildman–Crippen LogP) is 0.883. The molecule has 1 atom stereocenters. The van der Waals surface area contributed by atoms with Crippen LogP contribution in [0.2, 0.25) is 0 Å². The molecule has 0 bridgehead atoms. The van der Waals surface area contributed by atoms with Crippen molar-refractivity contribution in [1.29, 1.82) is 0 Å². The molecular weight excluding hydrogens is 290 g/mol. The number of hydrogen-bond donors (Lipinski definition) is 2. The molecule has 0 saturated carbocycles. The molecule has 6 nitrogen and oxygen atoms in total. The summed E-state index contributed by atoms with van der Waals surface area (Å²) in [5, 5.41) is 13.1. The first-order chi connectivity index (χ1) is 9.98. The largest absolute Gasteiger partial charge is 0.392 e. The van der Waals surface area contributed by atoms with Gasteiger partial charge >= 0.3 is 0 Å². The summed E-state index contributed by atoms with van der Waals surface area (Å²) in [4.78, 5) is 0. The third-order valence-electron chi connectivity index (χ3n) is 2.93. The van der Waals surface area contributed by atoms with Gasteiger partial charge in [-0.15, -0.1) is 0 Å². The van der Waals surface area contributed by atoms with Gasteiger partial charge in [0, 0.05) is 18.4 Å². The first-order valence-electron chi connectivity index (χ1n) is 6.64. The maximum atomic E-state index is 12.1. The Kier molecular flexibility index (Phi) is 5.11. The van der Waals surface area contributed by atoms with Crippen LogP contribution in [0.25, 0.3) is 0 Å². The molecule has 1 aromatic heterocycles. The van der Waals surface area contributed by atoms with E-state index in [0.29, 0.717) is 17.7 Å². The lowest BCUT2D eigenvalue weighted by molar-refractivity contribution is 0.282. The number of rotatable bonds is 7. The summed E-state index contributed by atoms with van der Waals surface area (Å²) < 4.78 is 28.6. The lowest BCUT2D eigenvalue weighted by Gasteiger charge is -2.14. The fourth-order valence-electron chi connectivity index (χ4n) is 2.11. The Morgan fingerprint density at radius 1 is 1.33 bits per heavy atom. The number of hydrogen-bond acceptors (Lipinski definition) is 4. The van der Waals surface area contributed by atoms with Gasteiger partial charge in [0.25, 0.3) is 0 Å². The highest BCUT2D eigenvalue weighted by Gasteiger charge is 2.16. The summed E-state index contributed by atoms with van der Waals surface area (Å²) in [6.07, 6.45) is 3.44. The molecule has 1 heterocycles. The van der Waals surface area contributed by atoms with Gasteiger partial charge in [-0.2, -0.15) is 5.10 Å². The van der Waals surface area contributed by atoms with Gasteiger partial charge in [0.15, 0.2) is 0 Å². The topological polar surface area (TPSA) is 84.2 Å². The summed E-state index contributed by atoms with van der Waals surface area (Å²) in [6, 6.07) is 8.46. The van der Waals surface area contributed by atoms with Crippen molar-refractivity contribution in [3.8, 4) is 0 Å². The number of nitrogens with zero attached hydrogens (tertiary/aromatic N) is 2. The number of aliphatic hydroxyl groups excluding tert-OH is 1. The first kappa shape index (κ1) is 15.7. The van der Waals surface area contributed by atoms with Crippen molar-refractivity contribution in [3.05, 3.63) is 53.9 Å². The van der Waals surface area contributed by atoms with Crippen molar-refractivity contribution in [3.63, 3.8) is 0 Å². The Bertz CT molecular complexity index is 669. The Hall–Kier alpha value is -1.70. The first-order valence-corrected chi connectivity index (χ1v) is 8.30. The molecule has 0 fully saturated rings. The standard InChI is InChI=1S/C14H19N3O3S/c1-12(9-17-7-3-6-15-17)16-21(19,20)11-14-5-2-4-13(8-14)10-18/h2-8,12,16,18H,9-11H2,1H3. The van der Waals surface area contributed by atoms with Crippen molar-refractivity contribution >= 4 is 10.0 Å². The highest BCUT2D eigenvalue weighted by atomic mass is 32.2. The maximum absolute atomic E-state index is 12.1. The van der Waals surface area contributed by atoms with Crippen LogP contribution >= 0.6 is 0 Å². The van der Waals surface area contributed by atoms with Gasteiger partial charge in [-0.05, 0) is 24.1 Å². The van der Waals surface area contributed by atoms with Crippen molar-refractivity contribution in [2.24, 2.45) is 0 Å². The normalized spacial score (nSPS) is 13.2. The Morgan fingerprint density at radius 3 is 2.76 bits per heavy atom. The molecular formula is C14H19N3O3S. The SMILES string of the molecule is CC(Cn1cccn1)NS(=O)(=O)Cc1cccc(CO)c1. The molecule has 2 rings (SSSR count). The zero-order valence-electron chi connectivity index (χ0n) is 11.8. The maximum Gasteiger partial charge on any atom is 0.216 e. The lowest BCUT2D eigenvalue weighted by atomic mass is 10.1. The second kappa shape index (κ2) is 6.84. The second-order valence-electron chi connectivity index (χ2n) is 4.98. The van der Waals surface area contributed by atoms with Gasteiger partial charge in [-0.3, -0.25) is 4.68 Å². The zero-order valence-corrected chi connectivity index (χ0v) is 12.6. The van der Waals surface area contributed by atoms with E-state index in [-0.39, 0.29) is 18.4 Å². The van der Waals surface area contributed by atoms with Crippen molar-refractivity contribution < 1.29 is 13.5 Å². The van der Waals surface area contributed by atoms with E-state index in [4.69, 9.17) is 5.11 Å². The zero-order chi connectivity index (χ0) is 15.3. The minimum atomic E-state index is -3.43. The molecule has 0 aliphatic carbocycles. The minimum absolute atomic E-state index is 0.100. The Balaban J connectivity index is 1.97. The van der Waals surface area contributed by atoms with Crippen LogP contribution in [0.4, 0.5) is 0 Å². The van der Waals surface area contributed by atoms with Gasteiger partial charge in [0.05, 0.1) is 18.9 Å². The van der Waals surface area contributed by atoms with Gasteiger partial charge in [0.1, 0.15) is 0 Å².